The van der Waals surface area contributed by atoms with E-state index in [9.17, 15) is 23.6 Å². The fourth-order valence-electron chi connectivity index (χ4n) is 2.14. The fourth-order valence-corrected chi connectivity index (χ4v) is 2.14. The second-order valence-electron chi connectivity index (χ2n) is 5.61. The van der Waals surface area contributed by atoms with Crippen molar-refractivity contribution in [1.82, 2.24) is 0 Å². The molecular weight excluding hydrogens is 370 g/mol. The third-order valence-corrected chi connectivity index (χ3v) is 3.58. The minimum Gasteiger partial charge on any atom is -0.497 e. The lowest BCUT2D eigenvalue weighted by Crippen LogP contribution is -2.30. The number of benzene rings is 2. The van der Waals surface area contributed by atoms with Crippen molar-refractivity contribution in [3.63, 3.8) is 0 Å². The molecule has 8 heteroatoms. The largest absolute Gasteiger partial charge is 0.497 e. The molecule has 0 saturated heterocycles. The summed E-state index contributed by atoms with van der Waals surface area (Å²) in [5.41, 5.74) is -0.211. The van der Waals surface area contributed by atoms with Crippen molar-refractivity contribution >= 4 is 23.6 Å². The number of nitriles is 1. The maximum absolute atomic E-state index is 13.6. The number of nitrogens with one attached hydrogen (secondary N) is 1. The van der Waals surface area contributed by atoms with Gasteiger partial charge in [-0.2, -0.15) is 5.26 Å². The third kappa shape index (κ3) is 5.38. The van der Waals surface area contributed by atoms with Crippen molar-refractivity contribution in [3.8, 4) is 11.8 Å². The number of nitrogens with zero attached hydrogens (tertiary/aromatic N) is 1. The predicted molar refractivity (Wildman–Crippen MR) is 97.1 cm³/mol. The highest BCUT2D eigenvalue weighted by atomic mass is 19.1. The van der Waals surface area contributed by atoms with Gasteiger partial charge in [0.2, 0.25) is 0 Å². The molecule has 0 bridgehead atoms. The van der Waals surface area contributed by atoms with E-state index in [1.54, 1.807) is 30.3 Å². The molecule has 0 radical (unpaired) electrons. The number of amides is 1. The van der Waals surface area contributed by atoms with Crippen LogP contribution in [0.4, 0.5) is 14.5 Å². The first-order valence-electron chi connectivity index (χ1n) is 8.06. The molecule has 2 rings (SSSR count). The van der Waals surface area contributed by atoms with Crippen molar-refractivity contribution in [1.29, 1.82) is 5.26 Å². The molecule has 144 valence electrons. The van der Waals surface area contributed by atoms with Crippen molar-refractivity contribution in [2.45, 2.75) is 13.0 Å². The second-order valence-corrected chi connectivity index (χ2v) is 5.61. The Morgan fingerprint density at radius 3 is 2.64 bits per heavy atom. The minimum absolute atomic E-state index is 0.343. The summed E-state index contributed by atoms with van der Waals surface area (Å²) in [5, 5.41) is 11.3. The van der Waals surface area contributed by atoms with Crippen LogP contribution in [0.5, 0.6) is 5.75 Å². The summed E-state index contributed by atoms with van der Waals surface area (Å²) >= 11 is 0. The van der Waals surface area contributed by atoms with Crippen LogP contribution in [0.15, 0.2) is 48.0 Å². The number of hydrogen-bond acceptors (Lipinski definition) is 5. The summed E-state index contributed by atoms with van der Waals surface area (Å²) in [6.45, 7) is 1.24. The first kappa shape index (κ1) is 20.6. The molecule has 6 nitrogen and oxygen atoms in total. The highest BCUT2D eigenvalue weighted by Crippen LogP contribution is 2.17. The molecule has 1 atom stereocenters. The normalized spacial score (nSPS) is 11.9. The van der Waals surface area contributed by atoms with Gasteiger partial charge in [0.05, 0.1) is 12.8 Å². The second kappa shape index (κ2) is 9.28. The Kier molecular flexibility index (Phi) is 6.82. The molecule has 0 aliphatic rings. The molecule has 0 aromatic heterocycles. The van der Waals surface area contributed by atoms with Gasteiger partial charge in [-0.25, -0.2) is 13.6 Å². The maximum atomic E-state index is 13.6. The molecule has 2 aromatic carbocycles. The van der Waals surface area contributed by atoms with Gasteiger partial charge >= 0.3 is 5.97 Å². The van der Waals surface area contributed by atoms with Crippen molar-refractivity contribution in [3.05, 3.63) is 65.2 Å². The van der Waals surface area contributed by atoms with Crippen LogP contribution < -0.4 is 10.1 Å². The van der Waals surface area contributed by atoms with E-state index < -0.39 is 29.6 Å². The highest BCUT2D eigenvalue weighted by Gasteiger charge is 2.21. The Labute approximate surface area is 160 Å². The SMILES string of the molecule is COc1cccc(/C=C(\C#N)C(=O)O[C@@H](C)C(=O)Nc2cc(F)ccc2F)c1. The number of carbonyl (C=O) groups is 2. The van der Waals surface area contributed by atoms with Crippen molar-refractivity contribution in [2.75, 3.05) is 12.4 Å². The van der Waals surface area contributed by atoms with Gasteiger partial charge < -0.3 is 14.8 Å². The first-order valence-corrected chi connectivity index (χ1v) is 8.06. The highest BCUT2D eigenvalue weighted by molar-refractivity contribution is 6.01. The summed E-state index contributed by atoms with van der Waals surface area (Å²) in [7, 11) is 1.48. The number of esters is 1. The van der Waals surface area contributed by atoms with E-state index in [1.807, 2.05) is 0 Å². The topological polar surface area (TPSA) is 88.4 Å². The average molecular weight is 386 g/mol. The molecule has 0 aliphatic carbocycles. The van der Waals surface area contributed by atoms with Gasteiger partial charge in [-0.05, 0) is 42.8 Å². The van der Waals surface area contributed by atoms with E-state index in [-0.39, 0.29) is 11.3 Å². The molecule has 2 aromatic rings. The summed E-state index contributed by atoms with van der Waals surface area (Å²) in [4.78, 5) is 24.2. The van der Waals surface area contributed by atoms with E-state index in [4.69, 9.17) is 9.47 Å². The van der Waals surface area contributed by atoms with E-state index in [0.717, 1.165) is 18.2 Å². The van der Waals surface area contributed by atoms with Crippen molar-refractivity contribution in [2.24, 2.45) is 0 Å². The molecule has 0 aliphatic heterocycles. The smallest absolute Gasteiger partial charge is 0.349 e. The fraction of sp³-hybridized carbons (Fsp3) is 0.150. The molecular formula is C20H16F2N2O4. The summed E-state index contributed by atoms with van der Waals surface area (Å²) < 4.78 is 36.8. The van der Waals surface area contributed by atoms with Crippen LogP contribution in [0.3, 0.4) is 0 Å². The average Bonchev–Trinajstić information content (AvgIpc) is 2.68. The van der Waals surface area contributed by atoms with E-state index >= 15 is 0 Å². The number of methoxy groups -OCH3 is 1. The van der Waals surface area contributed by atoms with Crippen LogP contribution in [0.25, 0.3) is 6.08 Å². The van der Waals surface area contributed by atoms with Crippen LogP contribution in [0.2, 0.25) is 0 Å². The number of anilines is 1. The standard InChI is InChI=1S/C20H16F2N2O4/c1-12(19(25)24-18-10-15(21)6-7-17(18)22)28-20(26)14(11-23)8-13-4-3-5-16(9-13)27-2/h3-10,12H,1-2H3,(H,24,25)/b14-8+/t12-/m0/s1. The van der Waals surface area contributed by atoms with Gasteiger partial charge in [0.1, 0.15) is 29.0 Å². The number of hydrogen-bond donors (Lipinski definition) is 1. The zero-order chi connectivity index (χ0) is 20.7. The van der Waals surface area contributed by atoms with Gasteiger partial charge in [0.15, 0.2) is 6.10 Å². The first-order chi connectivity index (χ1) is 13.3. The molecule has 0 fully saturated rings. The molecule has 0 heterocycles. The number of halogens is 2. The zero-order valence-corrected chi connectivity index (χ0v) is 15.0. The number of carbonyl (C=O) groups excluding carboxylic acids is 2. The van der Waals surface area contributed by atoms with E-state index in [2.05, 4.69) is 5.32 Å². The van der Waals surface area contributed by atoms with Crippen molar-refractivity contribution < 1.29 is 27.8 Å². The number of ether oxygens (including phenoxy) is 2. The van der Waals surface area contributed by atoms with Crippen LogP contribution in [0, 0.1) is 23.0 Å². The lowest BCUT2D eigenvalue weighted by molar-refractivity contribution is -0.148. The molecule has 0 saturated carbocycles. The van der Waals surface area contributed by atoms with Crippen LogP contribution >= 0.6 is 0 Å². The summed E-state index contributed by atoms with van der Waals surface area (Å²) in [5.74, 6) is -2.97. The molecule has 28 heavy (non-hydrogen) atoms. The van der Waals surface area contributed by atoms with Crippen LogP contribution in [0.1, 0.15) is 12.5 Å². The van der Waals surface area contributed by atoms with Gasteiger partial charge in [0, 0.05) is 6.07 Å². The summed E-state index contributed by atoms with van der Waals surface area (Å²) in [6.07, 6.45) is -0.0703. The quantitative estimate of drug-likeness (QED) is 0.467. The Balaban J connectivity index is 2.08. The lowest BCUT2D eigenvalue weighted by atomic mass is 10.1. The molecule has 0 unspecified atom stereocenters. The monoisotopic (exact) mass is 386 g/mol. The minimum atomic E-state index is -1.35. The Morgan fingerprint density at radius 2 is 1.96 bits per heavy atom. The van der Waals surface area contributed by atoms with Gasteiger partial charge in [-0.15, -0.1) is 0 Å². The summed E-state index contributed by atoms with van der Waals surface area (Å²) in [6, 6.07) is 10.9. The van der Waals surface area contributed by atoms with Gasteiger partial charge in [-0.1, -0.05) is 12.1 Å². The zero-order valence-electron chi connectivity index (χ0n) is 15.0. The maximum Gasteiger partial charge on any atom is 0.349 e. The Hall–Kier alpha value is -3.73. The van der Waals surface area contributed by atoms with Gasteiger partial charge in [-0.3, -0.25) is 4.79 Å². The molecule has 0 spiro atoms. The van der Waals surface area contributed by atoms with Crippen LogP contribution in [-0.2, 0) is 14.3 Å². The molecule has 1 amide bonds. The Morgan fingerprint density at radius 1 is 1.21 bits per heavy atom. The number of rotatable bonds is 6. The van der Waals surface area contributed by atoms with Gasteiger partial charge in [0.25, 0.3) is 5.91 Å². The van der Waals surface area contributed by atoms with E-state index in [1.165, 1.54) is 20.1 Å². The third-order valence-electron chi connectivity index (χ3n) is 3.58. The molecule has 1 N–H and O–H groups in total. The Bertz CT molecular complexity index is 967. The lowest BCUT2D eigenvalue weighted by Gasteiger charge is -2.13. The van der Waals surface area contributed by atoms with Crippen LogP contribution in [-0.4, -0.2) is 25.1 Å². The predicted octanol–water partition coefficient (Wildman–Crippen LogP) is 3.45. The van der Waals surface area contributed by atoms with E-state index in [0.29, 0.717) is 11.3 Å².